The predicted octanol–water partition coefficient (Wildman–Crippen LogP) is 2.73. The van der Waals surface area contributed by atoms with Crippen molar-refractivity contribution in [1.82, 2.24) is 5.32 Å². The van der Waals surface area contributed by atoms with Gasteiger partial charge in [0.05, 0.1) is 6.61 Å². The van der Waals surface area contributed by atoms with Crippen LogP contribution in [0.2, 0.25) is 0 Å². The summed E-state index contributed by atoms with van der Waals surface area (Å²) in [5.41, 5.74) is -0.114. The fourth-order valence-corrected chi connectivity index (χ4v) is 3.13. The van der Waals surface area contributed by atoms with E-state index in [0.29, 0.717) is 18.3 Å². The molecule has 0 aromatic heterocycles. The summed E-state index contributed by atoms with van der Waals surface area (Å²) < 4.78 is 0. The Morgan fingerprint density at radius 2 is 2.11 bits per heavy atom. The van der Waals surface area contributed by atoms with Crippen molar-refractivity contribution in [3.05, 3.63) is 0 Å². The summed E-state index contributed by atoms with van der Waals surface area (Å²) in [6.45, 7) is 8.75. The smallest absolute Gasteiger partial charge is 0.220 e. The number of aliphatic hydroxyl groups is 1. The quantitative estimate of drug-likeness (QED) is 0.766. The molecule has 1 fully saturated rings. The molecular formula is C15H29NO2. The van der Waals surface area contributed by atoms with Crippen LogP contribution in [-0.2, 0) is 4.79 Å². The van der Waals surface area contributed by atoms with Crippen LogP contribution in [0.4, 0.5) is 0 Å². The predicted molar refractivity (Wildman–Crippen MR) is 74.2 cm³/mol. The second-order valence-electron chi connectivity index (χ2n) is 6.76. The Bertz CT molecular complexity index is 278. The first kappa shape index (κ1) is 15.5. The molecule has 0 bridgehead atoms. The molecule has 1 aliphatic carbocycles. The lowest BCUT2D eigenvalue weighted by Crippen LogP contribution is -2.45. The van der Waals surface area contributed by atoms with Crippen LogP contribution in [0.5, 0.6) is 0 Å². The van der Waals surface area contributed by atoms with Crippen LogP contribution in [0.3, 0.4) is 0 Å². The Morgan fingerprint density at radius 1 is 1.44 bits per heavy atom. The highest BCUT2D eigenvalue weighted by atomic mass is 16.3. The minimum Gasteiger partial charge on any atom is -0.396 e. The van der Waals surface area contributed by atoms with E-state index in [2.05, 4.69) is 33.0 Å². The highest BCUT2D eigenvalue weighted by molar-refractivity contribution is 5.76. The molecule has 3 atom stereocenters. The van der Waals surface area contributed by atoms with E-state index in [0.717, 1.165) is 25.7 Å². The fraction of sp³-hybridized carbons (Fsp3) is 0.933. The number of rotatable bonds is 6. The summed E-state index contributed by atoms with van der Waals surface area (Å²) in [6.07, 6.45) is 4.81. The summed E-state index contributed by atoms with van der Waals surface area (Å²) in [5.74, 6) is 1.23. The third kappa shape index (κ3) is 4.27. The van der Waals surface area contributed by atoms with E-state index in [1.807, 2.05) is 0 Å². The van der Waals surface area contributed by atoms with E-state index in [1.165, 1.54) is 0 Å². The standard InChI is InChI=1S/C15H29NO2/c1-11(2)8-12(3)9-14(18)16-13-6-5-7-15(13,4)10-17/h11-13,17H,5-10H2,1-4H3,(H,16,18). The first-order valence-electron chi connectivity index (χ1n) is 7.27. The Balaban J connectivity index is 2.40. The normalized spacial score (nSPS) is 29.6. The second kappa shape index (κ2) is 6.55. The van der Waals surface area contributed by atoms with Crippen molar-refractivity contribution >= 4 is 5.91 Å². The van der Waals surface area contributed by atoms with Gasteiger partial charge in [-0.3, -0.25) is 4.79 Å². The molecule has 0 aliphatic heterocycles. The third-order valence-electron chi connectivity index (χ3n) is 4.19. The topological polar surface area (TPSA) is 49.3 Å². The van der Waals surface area contributed by atoms with Crippen molar-refractivity contribution in [3.63, 3.8) is 0 Å². The highest BCUT2D eigenvalue weighted by Gasteiger charge is 2.39. The first-order chi connectivity index (χ1) is 8.37. The molecule has 3 heteroatoms. The van der Waals surface area contributed by atoms with Crippen molar-refractivity contribution in [2.75, 3.05) is 6.61 Å². The Hall–Kier alpha value is -0.570. The van der Waals surface area contributed by atoms with Gasteiger partial charge in [-0.15, -0.1) is 0 Å². The summed E-state index contributed by atoms with van der Waals surface area (Å²) in [5, 5.41) is 12.6. The van der Waals surface area contributed by atoms with Crippen LogP contribution >= 0.6 is 0 Å². The maximum Gasteiger partial charge on any atom is 0.220 e. The third-order valence-corrected chi connectivity index (χ3v) is 4.19. The lowest BCUT2D eigenvalue weighted by Gasteiger charge is -2.30. The van der Waals surface area contributed by atoms with Crippen molar-refractivity contribution in [3.8, 4) is 0 Å². The van der Waals surface area contributed by atoms with Gasteiger partial charge in [-0.2, -0.15) is 0 Å². The first-order valence-corrected chi connectivity index (χ1v) is 7.27. The van der Waals surface area contributed by atoms with Crippen LogP contribution in [0.1, 0.15) is 59.8 Å². The fourth-order valence-electron chi connectivity index (χ4n) is 3.13. The zero-order valence-electron chi connectivity index (χ0n) is 12.3. The molecule has 0 spiro atoms. The van der Waals surface area contributed by atoms with Gasteiger partial charge in [-0.1, -0.05) is 34.1 Å². The van der Waals surface area contributed by atoms with Gasteiger partial charge >= 0.3 is 0 Å². The molecule has 0 aromatic carbocycles. The van der Waals surface area contributed by atoms with Crippen molar-refractivity contribution < 1.29 is 9.90 Å². The minimum atomic E-state index is -0.114. The lowest BCUT2D eigenvalue weighted by molar-refractivity contribution is -0.123. The van der Waals surface area contributed by atoms with Gasteiger partial charge in [-0.05, 0) is 31.1 Å². The molecule has 0 aromatic rings. The molecule has 2 N–H and O–H groups in total. The SMILES string of the molecule is CC(C)CC(C)CC(=O)NC1CCCC1(C)CO. The van der Waals surface area contributed by atoms with Gasteiger partial charge in [0.15, 0.2) is 0 Å². The van der Waals surface area contributed by atoms with Gasteiger partial charge in [0.1, 0.15) is 0 Å². The summed E-state index contributed by atoms with van der Waals surface area (Å²) in [7, 11) is 0. The second-order valence-corrected chi connectivity index (χ2v) is 6.76. The molecule has 3 unspecified atom stereocenters. The Morgan fingerprint density at radius 3 is 2.67 bits per heavy atom. The van der Waals surface area contributed by atoms with Crippen LogP contribution in [0.25, 0.3) is 0 Å². The maximum absolute atomic E-state index is 12.0. The number of amides is 1. The van der Waals surface area contributed by atoms with Crippen LogP contribution in [0, 0.1) is 17.3 Å². The highest BCUT2D eigenvalue weighted by Crippen LogP contribution is 2.37. The van der Waals surface area contributed by atoms with E-state index in [-0.39, 0.29) is 24.0 Å². The van der Waals surface area contributed by atoms with Crippen molar-refractivity contribution in [1.29, 1.82) is 0 Å². The lowest BCUT2D eigenvalue weighted by atomic mass is 9.85. The van der Waals surface area contributed by atoms with Gasteiger partial charge in [-0.25, -0.2) is 0 Å². The molecule has 1 amide bonds. The summed E-state index contributed by atoms with van der Waals surface area (Å²) in [4.78, 5) is 12.0. The zero-order valence-corrected chi connectivity index (χ0v) is 12.3. The van der Waals surface area contributed by atoms with Crippen LogP contribution < -0.4 is 5.32 Å². The van der Waals surface area contributed by atoms with Crippen molar-refractivity contribution in [2.24, 2.45) is 17.3 Å². The van der Waals surface area contributed by atoms with Gasteiger partial charge in [0, 0.05) is 17.9 Å². The molecule has 18 heavy (non-hydrogen) atoms. The van der Waals surface area contributed by atoms with Crippen LogP contribution in [0.15, 0.2) is 0 Å². The maximum atomic E-state index is 12.0. The monoisotopic (exact) mass is 255 g/mol. The minimum absolute atomic E-state index is 0.114. The van der Waals surface area contributed by atoms with E-state index >= 15 is 0 Å². The molecule has 1 aliphatic rings. The molecule has 1 saturated carbocycles. The number of carbonyl (C=O) groups is 1. The number of hydrogen-bond donors (Lipinski definition) is 2. The Labute approximate surface area is 111 Å². The average molecular weight is 255 g/mol. The number of nitrogens with one attached hydrogen (secondary N) is 1. The van der Waals surface area contributed by atoms with E-state index in [1.54, 1.807) is 0 Å². The molecule has 106 valence electrons. The molecule has 3 nitrogen and oxygen atoms in total. The van der Waals surface area contributed by atoms with E-state index in [9.17, 15) is 9.90 Å². The number of carbonyl (C=O) groups excluding carboxylic acids is 1. The molecule has 0 saturated heterocycles. The molecule has 0 heterocycles. The van der Waals surface area contributed by atoms with Crippen LogP contribution in [-0.4, -0.2) is 23.7 Å². The molecule has 0 radical (unpaired) electrons. The van der Waals surface area contributed by atoms with Crippen molar-refractivity contribution in [2.45, 2.75) is 65.8 Å². The summed E-state index contributed by atoms with van der Waals surface area (Å²) in [6, 6.07) is 0.154. The molecule has 1 rings (SSSR count). The van der Waals surface area contributed by atoms with Gasteiger partial charge < -0.3 is 10.4 Å². The Kier molecular flexibility index (Phi) is 5.64. The zero-order chi connectivity index (χ0) is 13.8. The van der Waals surface area contributed by atoms with Gasteiger partial charge in [0.25, 0.3) is 0 Å². The molecular weight excluding hydrogens is 226 g/mol. The largest absolute Gasteiger partial charge is 0.396 e. The number of hydrogen-bond acceptors (Lipinski definition) is 2. The van der Waals surface area contributed by atoms with E-state index in [4.69, 9.17) is 0 Å². The number of aliphatic hydroxyl groups excluding tert-OH is 1. The average Bonchev–Trinajstić information content (AvgIpc) is 2.59. The van der Waals surface area contributed by atoms with Gasteiger partial charge in [0.2, 0.25) is 5.91 Å². The summed E-state index contributed by atoms with van der Waals surface area (Å²) >= 11 is 0. The van der Waals surface area contributed by atoms with E-state index < -0.39 is 0 Å².